The summed E-state index contributed by atoms with van der Waals surface area (Å²) in [6.07, 6.45) is 6.58. The van der Waals surface area contributed by atoms with Gasteiger partial charge in [0.05, 0.1) is 7.11 Å². The van der Waals surface area contributed by atoms with Crippen LogP contribution in [0.3, 0.4) is 0 Å². The Hall–Kier alpha value is -0.500. The van der Waals surface area contributed by atoms with Gasteiger partial charge in [-0.25, -0.2) is 0 Å². The first-order valence-electron chi connectivity index (χ1n) is 6.96. The van der Waals surface area contributed by atoms with Gasteiger partial charge >= 0.3 is 0 Å². The monoisotopic (exact) mass is 310 g/mol. The lowest BCUT2D eigenvalue weighted by molar-refractivity contribution is 0.285. The van der Waals surface area contributed by atoms with Gasteiger partial charge in [-0.1, -0.05) is 53.9 Å². The molecular weight excluding hydrogens is 288 g/mol. The van der Waals surface area contributed by atoms with Crippen LogP contribution in [-0.4, -0.2) is 11.9 Å². The first kappa shape index (κ1) is 13.9. The van der Waals surface area contributed by atoms with Crippen molar-refractivity contribution in [1.29, 1.82) is 0 Å². The third-order valence-electron chi connectivity index (χ3n) is 4.18. The van der Waals surface area contributed by atoms with Crippen molar-refractivity contribution < 1.29 is 4.74 Å². The Morgan fingerprint density at radius 3 is 2.56 bits per heavy atom. The van der Waals surface area contributed by atoms with Crippen molar-refractivity contribution in [1.82, 2.24) is 0 Å². The molecule has 0 aliphatic heterocycles. The summed E-state index contributed by atoms with van der Waals surface area (Å²) in [5, 5.41) is 0. The molecule has 0 saturated heterocycles. The van der Waals surface area contributed by atoms with Crippen LogP contribution in [0.5, 0.6) is 5.75 Å². The molecule has 1 aliphatic rings. The summed E-state index contributed by atoms with van der Waals surface area (Å²) in [6.45, 7) is 2.37. The molecule has 2 heteroatoms. The summed E-state index contributed by atoms with van der Waals surface area (Å²) in [5.41, 5.74) is 1.32. The molecule has 0 aromatic heterocycles. The van der Waals surface area contributed by atoms with Crippen LogP contribution in [0.15, 0.2) is 24.3 Å². The van der Waals surface area contributed by atoms with E-state index in [1.54, 1.807) is 7.11 Å². The first-order valence-corrected chi connectivity index (χ1v) is 7.88. The van der Waals surface area contributed by atoms with Crippen LogP contribution < -0.4 is 4.74 Å². The Kier molecular flexibility index (Phi) is 5.11. The van der Waals surface area contributed by atoms with Crippen molar-refractivity contribution in [3.63, 3.8) is 0 Å². The van der Waals surface area contributed by atoms with Crippen molar-refractivity contribution in [2.75, 3.05) is 7.11 Å². The molecule has 1 aromatic rings. The molecule has 0 N–H and O–H groups in total. The maximum absolute atomic E-state index is 5.43. The molecule has 1 atom stereocenters. The van der Waals surface area contributed by atoms with Crippen LogP contribution >= 0.6 is 15.9 Å². The zero-order valence-electron chi connectivity index (χ0n) is 11.4. The van der Waals surface area contributed by atoms with Crippen LogP contribution in [0.25, 0.3) is 0 Å². The highest BCUT2D eigenvalue weighted by Crippen LogP contribution is 2.35. The molecule has 0 bridgehead atoms. The van der Waals surface area contributed by atoms with Crippen LogP contribution in [-0.2, 0) is 6.42 Å². The van der Waals surface area contributed by atoms with Gasteiger partial charge in [0, 0.05) is 4.83 Å². The van der Waals surface area contributed by atoms with Gasteiger partial charge in [-0.15, -0.1) is 0 Å². The third kappa shape index (κ3) is 3.50. The highest BCUT2D eigenvalue weighted by atomic mass is 79.9. The van der Waals surface area contributed by atoms with Gasteiger partial charge in [0.2, 0.25) is 0 Å². The maximum atomic E-state index is 5.43. The molecule has 1 unspecified atom stereocenters. The minimum Gasteiger partial charge on any atom is -0.496 e. The van der Waals surface area contributed by atoms with E-state index in [1.165, 1.54) is 31.2 Å². The summed E-state index contributed by atoms with van der Waals surface area (Å²) < 4.78 is 5.43. The van der Waals surface area contributed by atoms with Gasteiger partial charge in [-0.3, -0.25) is 0 Å². The highest BCUT2D eigenvalue weighted by molar-refractivity contribution is 9.09. The summed E-state index contributed by atoms with van der Waals surface area (Å²) in [4.78, 5) is 0.585. The molecule has 1 saturated carbocycles. The van der Waals surface area contributed by atoms with E-state index in [9.17, 15) is 0 Å². The summed E-state index contributed by atoms with van der Waals surface area (Å²) in [6, 6.07) is 8.37. The number of ether oxygens (including phenoxy) is 1. The molecule has 1 fully saturated rings. The van der Waals surface area contributed by atoms with E-state index in [4.69, 9.17) is 4.74 Å². The molecule has 0 heterocycles. The van der Waals surface area contributed by atoms with Crippen LogP contribution in [0.4, 0.5) is 0 Å². The average molecular weight is 311 g/mol. The van der Waals surface area contributed by atoms with Crippen LogP contribution in [0.1, 0.15) is 38.2 Å². The average Bonchev–Trinajstić information content (AvgIpc) is 2.40. The fourth-order valence-electron chi connectivity index (χ4n) is 2.90. The molecule has 0 amide bonds. The second-order valence-corrected chi connectivity index (χ2v) is 6.73. The molecule has 2 rings (SSSR count). The molecule has 1 aromatic carbocycles. The molecule has 0 spiro atoms. The second-order valence-electron chi connectivity index (χ2n) is 5.55. The lowest BCUT2D eigenvalue weighted by Crippen LogP contribution is -2.22. The molecular formula is C16H23BrO. The largest absolute Gasteiger partial charge is 0.496 e. The van der Waals surface area contributed by atoms with Gasteiger partial charge in [0.1, 0.15) is 5.75 Å². The lowest BCUT2D eigenvalue weighted by atomic mass is 9.80. The molecule has 18 heavy (non-hydrogen) atoms. The van der Waals surface area contributed by atoms with E-state index in [-0.39, 0.29) is 0 Å². The minimum atomic E-state index is 0.585. The van der Waals surface area contributed by atoms with Gasteiger partial charge in [-0.05, 0) is 42.7 Å². The van der Waals surface area contributed by atoms with E-state index in [0.717, 1.165) is 24.0 Å². The highest BCUT2D eigenvalue weighted by Gasteiger charge is 2.25. The van der Waals surface area contributed by atoms with E-state index in [2.05, 4.69) is 41.1 Å². The Morgan fingerprint density at radius 2 is 1.89 bits per heavy atom. The van der Waals surface area contributed by atoms with Crippen molar-refractivity contribution in [3.05, 3.63) is 29.8 Å². The van der Waals surface area contributed by atoms with E-state index < -0.39 is 0 Å². The molecule has 0 radical (unpaired) electrons. The Bertz CT molecular complexity index is 369. The number of rotatable bonds is 4. The predicted octanol–water partition coefficient (Wildman–Crippen LogP) is 4.83. The maximum Gasteiger partial charge on any atom is 0.122 e. The second kappa shape index (κ2) is 6.60. The van der Waals surface area contributed by atoms with Crippen molar-refractivity contribution in [3.8, 4) is 5.75 Å². The molecule has 1 nitrogen and oxygen atoms in total. The summed E-state index contributed by atoms with van der Waals surface area (Å²) in [7, 11) is 1.75. The fourth-order valence-corrected chi connectivity index (χ4v) is 3.77. The zero-order valence-corrected chi connectivity index (χ0v) is 12.9. The zero-order chi connectivity index (χ0) is 13.0. The van der Waals surface area contributed by atoms with Gasteiger partial charge in [0.25, 0.3) is 0 Å². The summed E-state index contributed by atoms with van der Waals surface area (Å²) >= 11 is 3.90. The number of hydrogen-bond donors (Lipinski definition) is 0. The summed E-state index contributed by atoms with van der Waals surface area (Å²) in [5.74, 6) is 2.77. The van der Waals surface area contributed by atoms with Crippen molar-refractivity contribution >= 4 is 15.9 Å². The Labute approximate surface area is 119 Å². The normalized spacial score (nSPS) is 25.7. The number of benzene rings is 1. The number of halogens is 1. The lowest BCUT2D eigenvalue weighted by Gasteiger charge is -2.30. The van der Waals surface area contributed by atoms with Gasteiger partial charge < -0.3 is 4.74 Å². The molecule has 1 aliphatic carbocycles. The number of methoxy groups -OCH3 is 1. The predicted molar refractivity (Wildman–Crippen MR) is 80.5 cm³/mol. The van der Waals surface area contributed by atoms with E-state index >= 15 is 0 Å². The number of para-hydroxylation sites is 1. The number of alkyl halides is 1. The van der Waals surface area contributed by atoms with Gasteiger partial charge in [-0.2, -0.15) is 0 Å². The van der Waals surface area contributed by atoms with E-state index in [0.29, 0.717) is 4.83 Å². The topological polar surface area (TPSA) is 9.23 Å². The van der Waals surface area contributed by atoms with Crippen LogP contribution in [0.2, 0.25) is 0 Å². The SMILES string of the molecule is COc1ccccc1CC(Br)C1CCC(C)CC1. The van der Waals surface area contributed by atoms with Crippen molar-refractivity contribution in [2.45, 2.75) is 43.9 Å². The van der Waals surface area contributed by atoms with E-state index in [1.807, 2.05) is 6.07 Å². The number of hydrogen-bond acceptors (Lipinski definition) is 1. The van der Waals surface area contributed by atoms with Crippen LogP contribution in [0, 0.1) is 11.8 Å². The van der Waals surface area contributed by atoms with Crippen molar-refractivity contribution in [2.24, 2.45) is 11.8 Å². The fraction of sp³-hybridized carbons (Fsp3) is 0.625. The quantitative estimate of drug-likeness (QED) is 0.724. The molecule has 100 valence electrons. The smallest absolute Gasteiger partial charge is 0.122 e. The third-order valence-corrected chi connectivity index (χ3v) is 5.25. The standard InChI is InChI=1S/C16H23BrO/c1-12-7-9-13(10-8-12)15(17)11-14-5-3-4-6-16(14)18-2/h3-6,12-13,15H,7-11H2,1-2H3. The van der Waals surface area contributed by atoms with Gasteiger partial charge in [0.15, 0.2) is 0 Å². The first-order chi connectivity index (χ1) is 8.70. The Balaban J connectivity index is 1.96. The minimum absolute atomic E-state index is 0.585. The Morgan fingerprint density at radius 1 is 1.22 bits per heavy atom.